The molecule has 184 valence electrons. The third-order valence-electron chi connectivity index (χ3n) is 6.01. The van der Waals surface area contributed by atoms with Gasteiger partial charge in [0, 0.05) is 11.0 Å². The molecule has 0 bridgehead atoms. The number of nitrogens with zero attached hydrogens (tertiary/aromatic N) is 3. The minimum absolute atomic E-state index is 0.111. The Morgan fingerprint density at radius 1 is 1.00 bits per heavy atom. The fourth-order valence-electron chi connectivity index (χ4n) is 3.84. The topological polar surface area (TPSA) is 115 Å². The predicted molar refractivity (Wildman–Crippen MR) is 142 cm³/mol. The van der Waals surface area contributed by atoms with Crippen LogP contribution in [0, 0.1) is 19.3 Å². The van der Waals surface area contributed by atoms with Gasteiger partial charge in [-0.25, -0.2) is 4.79 Å². The number of carbonyl (C=O) groups excluding carboxylic acids is 1. The van der Waals surface area contributed by atoms with E-state index < -0.39 is 11.4 Å². The van der Waals surface area contributed by atoms with Crippen LogP contribution in [-0.4, -0.2) is 33.5 Å². The molecule has 1 heterocycles. The average Bonchev–Trinajstić information content (AvgIpc) is 3.17. The summed E-state index contributed by atoms with van der Waals surface area (Å²) in [6.07, 6.45) is 0. The molecule has 0 radical (unpaired) electrons. The highest BCUT2D eigenvalue weighted by molar-refractivity contribution is 6.72. The maximum atomic E-state index is 13.4. The van der Waals surface area contributed by atoms with Gasteiger partial charge in [0.2, 0.25) is 0 Å². The summed E-state index contributed by atoms with van der Waals surface area (Å²) < 4.78 is 0. The number of amides is 1. The van der Waals surface area contributed by atoms with Crippen LogP contribution in [0.5, 0.6) is 5.75 Å². The summed E-state index contributed by atoms with van der Waals surface area (Å²) in [4.78, 5) is 24.7. The lowest BCUT2D eigenvalue weighted by molar-refractivity contribution is -0.112. The molecule has 3 aromatic rings. The number of para-hydroxylation sites is 1. The molecular weight excluding hydrogens is 456 g/mol. The summed E-state index contributed by atoms with van der Waals surface area (Å²) in [6, 6.07) is 17.0. The highest BCUT2D eigenvalue weighted by Gasteiger charge is 2.39. The number of carbonyl (C=O) groups is 2. The van der Waals surface area contributed by atoms with Crippen molar-refractivity contribution in [2.24, 2.45) is 15.6 Å². The van der Waals surface area contributed by atoms with Gasteiger partial charge in [0.1, 0.15) is 5.75 Å². The van der Waals surface area contributed by atoms with Gasteiger partial charge in [-0.15, -0.1) is 0 Å². The van der Waals surface area contributed by atoms with Crippen molar-refractivity contribution in [3.8, 4) is 16.9 Å². The summed E-state index contributed by atoms with van der Waals surface area (Å²) in [5.41, 5.74) is 7.19. The number of hydrogen-bond donors (Lipinski definition) is 3. The second kappa shape index (κ2) is 9.30. The number of benzene rings is 3. The Hall–Kier alpha value is -4.46. The van der Waals surface area contributed by atoms with E-state index in [4.69, 9.17) is 0 Å². The Morgan fingerprint density at radius 2 is 1.72 bits per heavy atom. The zero-order chi connectivity index (χ0) is 26.2. The number of anilines is 2. The molecule has 0 saturated carbocycles. The van der Waals surface area contributed by atoms with Gasteiger partial charge in [0.15, 0.2) is 5.71 Å². The predicted octanol–water partition coefficient (Wildman–Crippen LogP) is 5.59. The van der Waals surface area contributed by atoms with Crippen LogP contribution in [0.4, 0.5) is 11.4 Å². The Balaban J connectivity index is 1.69. The van der Waals surface area contributed by atoms with Crippen LogP contribution >= 0.6 is 0 Å². The van der Waals surface area contributed by atoms with E-state index in [2.05, 4.69) is 15.6 Å². The average molecular weight is 485 g/mol. The molecule has 1 aliphatic rings. The summed E-state index contributed by atoms with van der Waals surface area (Å²) in [5, 5.41) is 30.5. The summed E-state index contributed by atoms with van der Waals surface area (Å²) in [6.45, 7) is 9.83. The van der Waals surface area contributed by atoms with Gasteiger partial charge in [-0.1, -0.05) is 51.1 Å². The number of phenolic OH excluding ortho intramolecular Hbond substituents is 1. The first-order valence-corrected chi connectivity index (χ1v) is 11.5. The van der Waals surface area contributed by atoms with E-state index in [1.807, 2.05) is 52.8 Å². The van der Waals surface area contributed by atoms with Gasteiger partial charge in [-0.2, -0.15) is 15.2 Å². The molecule has 0 aliphatic carbocycles. The molecule has 3 N–H and O–H groups in total. The van der Waals surface area contributed by atoms with Crippen molar-refractivity contribution in [3.05, 3.63) is 77.4 Å². The summed E-state index contributed by atoms with van der Waals surface area (Å²) in [7, 11) is 0. The standard InChI is InChI=1S/C28H28N4O4/c1-16-12-13-20(14-17(16)2)32-26(34)23(25(31-32)28(3,4)5)30-29-22-11-7-10-21(24(22)33)18-8-6-9-19(15-18)27(35)36/h6-15,29,33H,1-5H3,(H,35,36)/b30-23-. The number of carboxylic acids is 1. The second-order valence-corrected chi connectivity index (χ2v) is 9.74. The molecule has 3 aromatic carbocycles. The lowest BCUT2D eigenvalue weighted by Crippen LogP contribution is -2.33. The Morgan fingerprint density at radius 3 is 2.39 bits per heavy atom. The lowest BCUT2D eigenvalue weighted by atomic mass is 9.87. The highest BCUT2D eigenvalue weighted by Crippen LogP contribution is 2.36. The highest BCUT2D eigenvalue weighted by atomic mass is 16.4. The molecule has 0 atom stereocenters. The Kier molecular flexibility index (Phi) is 6.37. The zero-order valence-electron chi connectivity index (χ0n) is 20.8. The number of carboxylic acid groups (broad SMARTS) is 1. The number of rotatable bonds is 5. The molecule has 4 rings (SSSR count). The summed E-state index contributed by atoms with van der Waals surface area (Å²) in [5.74, 6) is -1.55. The van der Waals surface area contributed by atoms with Crippen molar-refractivity contribution >= 4 is 34.7 Å². The van der Waals surface area contributed by atoms with Crippen molar-refractivity contribution in [1.29, 1.82) is 0 Å². The van der Waals surface area contributed by atoms with Crippen LogP contribution in [0.3, 0.4) is 0 Å². The number of hydrazone groups is 2. The summed E-state index contributed by atoms with van der Waals surface area (Å²) >= 11 is 0. The molecular formula is C28H28N4O4. The fraction of sp³-hybridized carbons (Fsp3) is 0.214. The molecule has 0 spiro atoms. The first-order valence-electron chi connectivity index (χ1n) is 11.5. The Labute approximate surface area is 209 Å². The number of nitrogens with one attached hydrogen (secondary N) is 1. The molecule has 1 aliphatic heterocycles. The minimum Gasteiger partial charge on any atom is -0.505 e. The molecule has 36 heavy (non-hydrogen) atoms. The van der Waals surface area contributed by atoms with Crippen LogP contribution in [0.15, 0.2) is 70.9 Å². The van der Waals surface area contributed by atoms with Gasteiger partial charge >= 0.3 is 11.9 Å². The van der Waals surface area contributed by atoms with Crippen LogP contribution in [0.25, 0.3) is 11.1 Å². The molecule has 8 nitrogen and oxygen atoms in total. The number of phenols is 1. The fourth-order valence-corrected chi connectivity index (χ4v) is 3.84. The third-order valence-corrected chi connectivity index (χ3v) is 6.01. The van der Waals surface area contributed by atoms with E-state index in [0.29, 0.717) is 22.5 Å². The van der Waals surface area contributed by atoms with E-state index in [1.54, 1.807) is 30.3 Å². The monoisotopic (exact) mass is 484 g/mol. The lowest BCUT2D eigenvalue weighted by Gasteiger charge is -2.17. The number of aromatic hydroxyl groups is 1. The minimum atomic E-state index is -1.06. The molecule has 0 unspecified atom stereocenters. The first kappa shape index (κ1) is 24.7. The normalized spacial score (nSPS) is 14.8. The van der Waals surface area contributed by atoms with Crippen molar-refractivity contribution in [3.63, 3.8) is 0 Å². The van der Waals surface area contributed by atoms with Gasteiger partial charge < -0.3 is 10.2 Å². The van der Waals surface area contributed by atoms with E-state index in [0.717, 1.165) is 11.1 Å². The quantitative estimate of drug-likeness (QED) is 0.323. The van der Waals surface area contributed by atoms with Gasteiger partial charge in [0.25, 0.3) is 0 Å². The van der Waals surface area contributed by atoms with Gasteiger partial charge in [-0.05, 0) is 60.9 Å². The van der Waals surface area contributed by atoms with E-state index in [-0.39, 0.29) is 28.6 Å². The van der Waals surface area contributed by atoms with Crippen LogP contribution in [-0.2, 0) is 4.79 Å². The van der Waals surface area contributed by atoms with Crippen LogP contribution in [0.1, 0.15) is 42.3 Å². The van der Waals surface area contributed by atoms with Crippen LogP contribution in [0.2, 0.25) is 0 Å². The maximum Gasteiger partial charge on any atom is 0.335 e. The number of aryl methyl sites for hydroxylation is 2. The van der Waals surface area contributed by atoms with Crippen molar-refractivity contribution in [2.45, 2.75) is 34.6 Å². The van der Waals surface area contributed by atoms with Crippen molar-refractivity contribution in [1.82, 2.24) is 0 Å². The van der Waals surface area contributed by atoms with Gasteiger partial charge in [-0.3, -0.25) is 10.2 Å². The van der Waals surface area contributed by atoms with Crippen molar-refractivity contribution in [2.75, 3.05) is 10.4 Å². The van der Waals surface area contributed by atoms with Gasteiger partial charge in [0.05, 0.1) is 22.6 Å². The zero-order valence-corrected chi connectivity index (χ0v) is 20.8. The smallest absolute Gasteiger partial charge is 0.335 e. The first-order chi connectivity index (χ1) is 17.0. The Bertz CT molecular complexity index is 1430. The molecule has 0 fully saturated rings. The molecule has 1 amide bonds. The van der Waals surface area contributed by atoms with E-state index >= 15 is 0 Å². The number of aromatic carboxylic acids is 1. The van der Waals surface area contributed by atoms with E-state index in [9.17, 15) is 19.8 Å². The van der Waals surface area contributed by atoms with E-state index in [1.165, 1.54) is 17.1 Å². The second-order valence-electron chi connectivity index (χ2n) is 9.74. The molecule has 8 heteroatoms. The SMILES string of the molecule is Cc1ccc(N2N=C(C(C)(C)C)/C(=N/Nc3cccc(-c4cccc(C(=O)O)c4)c3O)C2=O)cc1C. The molecule has 0 aromatic heterocycles. The number of hydrogen-bond acceptors (Lipinski definition) is 6. The van der Waals surface area contributed by atoms with Crippen molar-refractivity contribution < 1.29 is 19.8 Å². The maximum absolute atomic E-state index is 13.4. The molecule has 0 saturated heterocycles. The largest absolute Gasteiger partial charge is 0.505 e. The van der Waals surface area contributed by atoms with Crippen LogP contribution < -0.4 is 10.4 Å². The third kappa shape index (κ3) is 4.70.